The molecule has 1 atom stereocenters. The fraction of sp³-hybridized carbons (Fsp3) is 0.394. The average molecular weight is 567 g/mol. The molecule has 4 bridgehead atoms. The number of nitrogens with two attached hydrogens (primary N) is 1. The Labute approximate surface area is 245 Å². The number of nitriles is 1. The molecule has 2 aromatic rings. The normalized spacial score (nSPS) is 27.9. The Balaban J connectivity index is 1.36. The second-order valence-corrected chi connectivity index (χ2v) is 12.0. The predicted octanol–water partition coefficient (Wildman–Crippen LogP) is 4.74. The van der Waals surface area contributed by atoms with Crippen molar-refractivity contribution in [2.75, 3.05) is 24.4 Å². The van der Waals surface area contributed by atoms with Crippen LogP contribution >= 0.6 is 0 Å². The van der Waals surface area contributed by atoms with Crippen molar-refractivity contribution in [2.24, 2.45) is 28.9 Å². The number of methoxy groups -OCH3 is 2. The number of ether oxygens (including phenoxy) is 2. The van der Waals surface area contributed by atoms with E-state index in [1.807, 2.05) is 6.07 Å². The summed E-state index contributed by atoms with van der Waals surface area (Å²) in [6.07, 6.45) is 6.64. The Kier molecular flexibility index (Phi) is 7.01. The molecule has 5 aliphatic rings. The molecule has 0 spiro atoms. The third-order valence-electron chi connectivity index (χ3n) is 9.51. The number of anilines is 2. The zero-order valence-corrected chi connectivity index (χ0v) is 23.8. The zero-order chi connectivity index (χ0) is 29.6. The van der Waals surface area contributed by atoms with Crippen molar-refractivity contribution in [1.82, 2.24) is 0 Å². The Bertz CT molecular complexity index is 1500. The maximum Gasteiger partial charge on any atom is 0.355 e. The molecule has 4 fully saturated rings. The standard InChI is InChI=1S/C33H34N4O5/c1-41-30(38)27-26(22-6-4-3-5-7-22)25(18-34)29(35)37(28(27)31(39)42-2)24-10-8-23(9-11-24)36-32(40)33-15-19-12-20(16-33)14-21(13-19)17-33/h3-11,19-21,26H,12-17,35H2,1-2H3,(H,36,40). The van der Waals surface area contributed by atoms with Crippen LogP contribution in [0.5, 0.6) is 0 Å². The van der Waals surface area contributed by atoms with E-state index in [2.05, 4.69) is 11.4 Å². The first-order valence-corrected chi connectivity index (χ1v) is 14.4. The molecular weight excluding hydrogens is 532 g/mol. The molecule has 3 N–H and O–H groups in total. The zero-order valence-electron chi connectivity index (χ0n) is 23.8. The van der Waals surface area contributed by atoms with Crippen molar-refractivity contribution >= 4 is 29.2 Å². The third kappa shape index (κ3) is 4.51. The smallest absolute Gasteiger partial charge is 0.355 e. The quantitative estimate of drug-likeness (QED) is 0.479. The Hall–Kier alpha value is -4.58. The summed E-state index contributed by atoms with van der Waals surface area (Å²) in [7, 11) is 2.42. The number of hydrogen-bond acceptors (Lipinski definition) is 8. The van der Waals surface area contributed by atoms with E-state index in [-0.39, 0.29) is 34.0 Å². The molecule has 0 radical (unpaired) electrons. The third-order valence-corrected chi connectivity index (χ3v) is 9.51. The molecule has 4 saturated carbocycles. The van der Waals surface area contributed by atoms with Gasteiger partial charge >= 0.3 is 11.9 Å². The molecular formula is C33H34N4O5. The fourth-order valence-electron chi connectivity index (χ4n) is 8.13. The fourth-order valence-corrected chi connectivity index (χ4v) is 8.13. The van der Waals surface area contributed by atoms with Gasteiger partial charge in [-0.25, -0.2) is 9.59 Å². The van der Waals surface area contributed by atoms with Crippen molar-refractivity contribution in [3.05, 3.63) is 82.8 Å². The molecule has 1 amide bonds. The highest BCUT2D eigenvalue weighted by Crippen LogP contribution is 2.60. The van der Waals surface area contributed by atoms with Crippen LogP contribution in [0.2, 0.25) is 0 Å². The largest absolute Gasteiger partial charge is 0.466 e. The molecule has 4 aliphatic carbocycles. The van der Waals surface area contributed by atoms with Gasteiger partial charge in [-0.1, -0.05) is 30.3 Å². The van der Waals surface area contributed by atoms with Crippen LogP contribution in [0.1, 0.15) is 50.0 Å². The van der Waals surface area contributed by atoms with Gasteiger partial charge in [0.15, 0.2) is 0 Å². The van der Waals surface area contributed by atoms with E-state index in [4.69, 9.17) is 15.2 Å². The maximum absolute atomic E-state index is 13.6. The summed E-state index contributed by atoms with van der Waals surface area (Å²) in [6.45, 7) is 0. The molecule has 1 unspecified atom stereocenters. The summed E-state index contributed by atoms with van der Waals surface area (Å²) in [6, 6.07) is 17.9. The van der Waals surface area contributed by atoms with Crippen molar-refractivity contribution in [1.29, 1.82) is 5.26 Å². The number of nitrogens with one attached hydrogen (secondary N) is 1. The number of amides is 1. The van der Waals surface area contributed by atoms with Crippen LogP contribution in [0.4, 0.5) is 11.4 Å². The van der Waals surface area contributed by atoms with Gasteiger partial charge in [-0.05, 0) is 86.1 Å². The molecule has 1 aliphatic heterocycles. The van der Waals surface area contributed by atoms with Crippen molar-refractivity contribution in [3.8, 4) is 6.07 Å². The van der Waals surface area contributed by atoms with Gasteiger partial charge in [0, 0.05) is 11.4 Å². The minimum Gasteiger partial charge on any atom is -0.466 e. The van der Waals surface area contributed by atoms with Crippen LogP contribution in [0.3, 0.4) is 0 Å². The van der Waals surface area contributed by atoms with Crippen LogP contribution in [0.15, 0.2) is 77.3 Å². The van der Waals surface area contributed by atoms with Crippen LogP contribution < -0.4 is 16.0 Å². The average Bonchev–Trinajstić information content (AvgIpc) is 3.00. The summed E-state index contributed by atoms with van der Waals surface area (Å²) >= 11 is 0. The first-order valence-electron chi connectivity index (χ1n) is 14.4. The van der Waals surface area contributed by atoms with Gasteiger partial charge in [0.2, 0.25) is 5.91 Å². The van der Waals surface area contributed by atoms with Gasteiger partial charge in [0.25, 0.3) is 0 Å². The van der Waals surface area contributed by atoms with Gasteiger partial charge in [-0.15, -0.1) is 0 Å². The SMILES string of the molecule is COC(=O)C1=C(C(=O)OC)N(c2ccc(NC(=O)C34CC5CC(CC(C5)C3)C4)cc2)C(N)=C(C#N)C1c1ccccc1. The molecule has 7 rings (SSSR count). The molecule has 42 heavy (non-hydrogen) atoms. The van der Waals surface area contributed by atoms with Crippen molar-refractivity contribution < 1.29 is 23.9 Å². The lowest BCUT2D eigenvalue weighted by atomic mass is 9.49. The molecule has 1 heterocycles. The van der Waals surface area contributed by atoms with E-state index in [1.54, 1.807) is 48.5 Å². The van der Waals surface area contributed by atoms with Gasteiger partial charge in [-0.3, -0.25) is 9.69 Å². The number of allylic oxidation sites excluding steroid dienone is 1. The lowest BCUT2D eigenvalue weighted by molar-refractivity contribution is -0.140. The summed E-state index contributed by atoms with van der Waals surface area (Å²) in [4.78, 5) is 41.4. The van der Waals surface area contributed by atoms with Crippen LogP contribution in [0.25, 0.3) is 0 Å². The van der Waals surface area contributed by atoms with E-state index >= 15 is 0 Å². The monoisotopic (exact) mass is 566 g/mol. The second kappa shape index (κ2) is 10.7. The van der Waals surface area contributed by atoms with Crippen molar-refractivity contribution in [2.45, 2.75) is 44.4 Å². The molecule has 2 aromatic carbocycles. The van der Waals surface area contributed by atoms with E-state index in [1.165, 1.54) is 38.4 Å². The Morgan fingerprint density at radius 2 is 1.48 bits per heavy atom. The van der Waals surface area contributed by atoms with Crippen LogP contribution in [-0.2, 0) is 23.9 Å². The highest BCUT2D eigenvalue weighted by atomic mass is 16.5. The lowest BCUT2D eigenvalue weighted by Crippen LogP contribution is -2.51. The minimum absolute atomic E-state index is 0.00948. The highest BCUT2D eigenvalue weighted by Gasteiger charge is 2.54. The number of hydrogen-bond donors (Lipinski definition) is 2. The molecule has 9 heteroatoms. The molecule has 9 nitrogen and oxygen atoms in total. The maximum atomic E-state index is 13.6. The van der Waals surface area contributed by atoms with Gasteiger partial charge in [0.1, 0.15) is 11.5 Å². The first kappa shape index (κ1) is 27.6. The number of benzene rings is 2. The highest BCUT2D eigenvalue weighted by molar-refractivity contribution is 6.06. The lowest BCUT2D eigenvalue weighted by Gasteiger charge is -2.55. The van der Waals surface area contributed by atoms with Gasteiger partial charge < -0.3 is 20.5 Å². The minimum atomic E-state index is -0.937. The number of rotatable bonds is 6. The number of carbonyl (C=O) groups excluding carboxylic acids is 3. The summed E-state index contributed by atoms with van der Waals surface area (Å²) in [5.41, 5.74) is 7.83. The van der Waals surface area contributed by atoms with E-state index in [9.17, 15) is 19.6 Å². The van der Waals surface area contributed by atoms with Crippen LogP contribution in [-0.4, -0.2) is 32.1 Å². The van der Waals surface area contributed by atoms with Gasteiger partial charge in [-0.2, -0.15) is 5.26 Å². The Morgan fingerprint density at radius 1 is 0.905 bits per heavy atom. The van der Waals surface area contributed by atoms with Crippen molar-refractivity contribution in [3.63, 3.8) is 0 Å². The Morgan fingerprint density at radius 3 is 2.00 bits per heavy atom. The van der Waals surface area contributed by atoms with E-state index in [0.29, 0.717) is 34.7 Å². The van der Waals surface area contributed by atoms with Gasteiger partial charge in [0.05, 0.1) is 42.8 Å². The summed E-state index contributed by atoms with van der Waals surface area (Å²) in [5, 5.41) is 13.4. The first-order chi connectivity index (χ1) is 20.3. The van der Waals surface area contributed by atoms with E-state index < -0.39 is 17.9 Å². The number of esters is 2. The molecule has 0 aromatic heterocycles. The number of carbonyl (C=O) groups is 3. The second-order valence-electron chi connectivity index (χ2n) is 12.0. The molecule has 216 valence electrons. The van der Waals surface area contributed by atoms with E-state index in [0.717, 1.165) is 19.3 Å². The predicted molar refractivity (Wildman–Crippen MR) is 155 cm³/mol. The number of nitrogens with zero attached hydrogens (tertiary/aromatic N) is 2. The topological polar surface area (TPSA) is 135 Å². The van der Waals surface area contributed by atoms with Crippen LogP contribution in [0, 0.1) is 34.5 Å². The summed E-state index contributed by atoms with van der Waals surface area (Å²) in [5.74, 6) is -0.506. The molecule has 0 saturated heterocycles. The summed E-state index contributed by atoms with van der Waals surface area (Å²) < 4.78 is 10.2.